The Balaban J connectivity index is 1.43. The average Bonchev–Trinajstić information content (AvgIpc) is 3.17. The number of benzene rings is 1. The lowest BCUT2D eigenvalue weighted by Gasteiger charge is -2.32. The molecule has 28 heavy (non-hydrogen) atoms. The maximum Gasteiger partial charge on any atom is 0.255 e. The van der Waals surface area contributed by atoms with Crippen LogP contribution >= 0.6 is 0 Å². The number of hydrogen-bond donors (Lipinski definition) is 1. The molecule has 1 unspecified atom stereocenters. The van der Waals surface area contributed by atoms with E-state index < -0.39 is 5.82 Å². The number of carbonyl (C=O) groups excluding carboxylic acids is 1. The van der Waals surface area contributed by atoms with E-state index in [0.717, 1.165) is 12.8 Å². The third-order valence-corrected chi connectivity index (χ3v) is 4.88. The van der Waals surface area contributed by atoms with E-state index in [2.05, 4.69) is 15.1 Å². The average molecular weight is 382 g/mol. The van der Waals surface area contributed by atoms with Gasteiger partial charge in [0.15, 0.2) is 0 Å². The van der Waals surface area contributed by atoms with Gasteiger partial charge >= 0.3 is 0 Å². The van der Waals surface area contributed by atoms with E-state index in [-0.39, 0.29) is 23.2 Å². The van der Waals surface area contributed by atoms with Gasteiger partial charge in [0.1, 0.15) is 5.82 Å². The molecule has 0 radical (unpaired) electrons. The van der Waals surface area contributed by atoms with Crippen molar-refractivity contribution in [1.82, 2.24) is 20.0 Å². The molecular formula is C20H19FN4O3. The Morgan fingerprint density at radius 2 is 2.14 bits per heavy atom. The van der Waals surface area contributed by atoms with E-state index >= 15 is 0 Å². The molecule has 1 amide bonds. The van der Waals surface area contributed by atoms with E-state index in [1.54, 1.807) is 23.1 Å². The number of likely N-dealkylation sites (tertiary alicyclic amines) is 1. The lowest BCUT2D eigenvalue weighted by Crippen LogP contribution is -2.40. The zero-order valence-corrected chi connectivity index (χ0v) is 15.1. The monoisotopic (exact) mass is 382 g/mol. The summed E-state index contributed by atoms with van der Waals surface area (Å²) >= 11 is 0. The second kappa shape index (κ2) is 7.75. The summed E-state index contributed by atoms with van der Waals surface area (Å²) < 4.78 is 19.2. The fraction of sp³-hybridized carbons (Fsp3) is 0.300. The molecule has 8 heteroatoms. The lowest BCUT2D eigenvalue weighted by atomic mass is 9.94. The Labute approximate surface area is 160 Å². The highest BCUT2D eigenvalue weighted by Crippen LogP contribution is 2.24. The van der Waals surface area contributed by atoms with Crippen LogP contribution in [0.1, 0.15) is 29.1 Å². The quantitative estimate of drug-likeness (QED) is 0.749. The van der Waals surface area contributed by atoms with Crippen LogP contribution in [0.25, 0.3) is 11.4 Å². The number of piperidine rings is 1. The van der Waals surface area contributed by atoms with Crippen molar-refractivity contribution in [3.05, 3.63) is 70.2 Å². The van der Waals surface area contributed by atoms with Gasteiger partial charge in [0.05, 0.1) is 11.1 Å². The number of aromatic nitrogens is 3. The van der Waals surface area contributed by atoms with E-state index in [4.69, 9.17) is 4.52 Å². The number of H-pyrrole nitrogens is 1. The van der Waals surface area contributed by atoms with Crippen LogP contribution in [0.5, 0.6) is 0 Å². The first-order valence-corrected chi connectivity index (χ1v) is 9.15. The summed E-state index contributed by atoms with van der Waals surface area (Å²) in [6.45, 7) is 1.23. The van der Waals surface area contributed by atoms with Crippen LogP contribution in [0.15, 0.2) is 51.9 Å². The van der Waals surface area contributed by atoms with Crippen LogP contribution in [0.4, 0.5) is 4.39 Å². The summed E-state index contributed by atoms with van der Waals surface area (Å²) in [6, 6.07) is 9.16. The second-order valence-electron chi connectivity index (χ2n) is 6.90. The number of aromatic amines is 1. The van der Waals surface area contributed by atoms with Gasteiger partial charge in [-0.05, 0) is 37.0 Å². The summed E-state index contributed by atoms with van der Waals surface area (Å²) in [5, 5.41) is 3.88. The second-order valence-corrected chi connectivity index (χ2v) is 6.90. The highest BCUT2D eigenvalue weighted by molar-refractivity contribution is 5.93. The molecule has 144 valence electrons. The number of nitrogens with one attached hydrogen (secondary N) is 1. The molecule has 7 nitrogen and oxygen atoms in total. The molecule has 3 aromatic rings. The Morgan fingerprint density at radius 1 is 1.29 bits per heavy atom. The van der Waals surface area contributed by atoms with Crippen molar-refractivity contribution in [3.8, 4) is 11.4 Å². The van der Waals surface area contributed by atoms with E-state index in [9.17, 15) is 14.0 Å². The third-order valence-electron chi connectivity index (χ3n) is 4.88. The number of hydrogen-bond acceptors (Lipinski definition) is 5. The number of pyridine rings is 1. The van der Waals surface area contributed by atoms with Gasteiger partial charge < -0.3 is 14.4 Å². The predicted octanol–water partition coefficient (Wildman–Crippen LogP) is 2.66. The maximum absolute atomic E-state index is 13.9. The molecule has 0 aliphatic carbocycles. The molecule has 3 heterocycles. The first-order valence-electron chi connectivity index (χ1n) is 9.15. The zero-order valence-electron chi connectivity index (χ0n) is 15.1. The smallest absolute Gasteiger partial charge is 0.255 e. The molecule has 2 aromatic heterocycles. The fourth-order valence-electron chi connectivity index (χ4n) is 3.48. The fourth-order valence-corrected chi connectivity index (χ4v) is 3.48. The number of rotatable bonds is 4. The SMILES string of the molecule is O=C(c1ccc(=O)[nH]c1)N1CCCC(Cc2nc(-c3ccccc3F)no2)C1. The third kappa shape index (κ3) is 3.85. The van der Waals surface area contributed by atoms with Gasteiger partial charge in [-0.25, -0.2) is 4.39 Å². The minimum absolute atomic E-state index is 0.112. The van der Waals surface area contributed by atoms with Crippen molar-refractivity contribution >= 4 is 5.91 Å². The number of halogens is 1. The molecule has 1 aromatic carbocycles. The van der Waals surface area contributed by atoms with Gasteiger partial charge in [0.25, 0.3) is 5.91 Å². The zero-order chi connectivity index (χ0) is 19.5. The Bertz CT molecular complexity index is 1030. The van der Waals surface area contributed by atoms with Gasteiger partial charge in [-0.2, -0.15) is 4.98 Å². The summed E-state index contributed by atoms with van der Waals surface area (Å²) in [6.07, 6.45) is 3.77. The topological polar surface area (TPSA) is 92.1 Å². The van der Waals surface area contributed by atoms with E-state index in [1.165, 1.54) is 24.4 Å². The van der Waals surface area contributed by atoms with Gasteiger partial charge in [0, 0.05) is 31.8 Å². The molecule has 0 saturated carbocycles. The van der Waals surface area contributed by atoms with Crippen LogP contribution in [-0.4, -0.2) is 39.0 Å². The van der Waals surface area contributed by atoms with Crippen molar-refractivity contribution in [1.29, 1.82) is 0 Å². The van der Waals surface area contributed by atoms with Gasteiger partial charge in [-0.15, -0.1) is 0 Å². The molecule has 1 aliphatic rings. The molecule has 1 saturated heterocycles. The Hall–Kier alpha value is -3.29. The molecule has 1 fully saturated rings. The van der Waals surface area contributed by atoms with Crippen LogP contribution in [-0.2, 0) is 6.42 Å². The molecular weight excluding hydrogens is 363 g/mol. The maximum atomic E-state index is 13.9. The number of nitrogens with zero attached hydrogens (tertiary/aromatic N) is 3. The van der Waals surface area contributed by atoms with Gasteiger partial charge in [-0.3, -0.25) is 9.59 Å². The van der Waals surface area contributed by atoms with Crippen LogP contribution in [0.3, 0.4) is 0 Å². The largest absolute Gasteiger partial charge is 0.339 e. The van der Waals surface area contributed by atoms with Crippen molar-refractivity contribution in [2.24, 2.45) is 5.92 Å². The first kappa shape index (κ1) is 18.1. The van der Waals surface area contributed by atoms with Crippen LogP contribution in [0.2, 0.25) is 0 Å². The Kier molecular flexibility index (Phi) is 5.01. The van der Waals surface area contributed by atoms with Crippen molar-refractivity contribution in [2.75, 3.05) is 13.1 Å². The normalized spacial score (nSPS) is 16.9. The molecule has 0 bridgehead atoms. The molecule has 0 spiro atoms. The number of amides is 1. The van der Waals surface area contributed by atoms with E-state index in [0.29, 0.717) is 36.5 Å². The van der Waals surface area contributed by atoms with Crippen molar-refractivity contribution in [2.45, 2.75) is 19.3 Å². The van der Waals surface area contributed by atoms with Crippen molar-refractivity contribution < 1.29 is 13.7 Å². The molecule has 1 N–H and O–H groups in total. The van der Waals surface area contributed by atoms with E-state index in [1.807, 2.05) is 0 Å². The summed E-state index contributed by atoms with van der Waals surface area (Å²) in [5.41, 5.74) is 0.519. The van der Waals surface area contributed by atoms with Gasteiger partial charge in [0.2, 0.25) is 17.3 Å². The molecule has 1 atom stereocenters. The first-order chi connectivity index (χ1) is 13.6. The number of carbonyl (C=O) groups is 1. The highest BCUT2D eigenvalue weighted by atomic mass is 19.1. The van der Waals surface area contributed by atoms with Crippen molar-refractivity contribution in [3.63, 3.8) is 0 Å². The standard InChI is InChI=1S/C20H19FN4O3/c21-16-6-2-1-5-15(16)19-23-18(28-24-19)10-13-4-3-9-25(12-13)20(27)14-7-8-17(26)22-11-14/h1-2,5-8,11,13H,3-4,9-10,12H2,(H,22,26). The predicted molar refractivity (Wildman–Crippen MR) is 99.1 cm³/mol. The van der Waals surface area contributed by atoms with Gasteiger partial charge in [-0.1, -0.05) is 17.3 Å². The van der Waals surface area contributed by atoms with Crippen LogP contribution in [0, 0.1) is 11.7 Å². The summed E-state index contributed by atoms with van der Waals surface area (Å²) in [7, 11) is 0. The minimum atomic E-state index is -0.398. The van der Waals surface area contributed by atoms with Crippen LogP contribution < -0.4 is 5.56 Å². The molecule has 1 aliphatic heterocycles. The highest BCUT2D eigenvalue weighted by Gasteiger charge is 2.26. The Morgan fingerprint density at radius 3 is 2.93 bits per heavy atom. The summed E-state index contributed by atoms with van der Waals surface area (Å²) in [5.74, 6) is 0.324. The summed E-state index contributed by atoms with van der Waals surface area (Å²) in [4.78, 5) is 32.4. The lowest BCUT2D eigenvalue weighted by molar-refractivity contribution is 0.0667. The minimum Gasteiger partial charge on any atom is -0.339 e. The molecule has 4 rings (SSSR count).